The quantitative estimate of drug-likeness (QED) is 0.814. The summed E-state index contributed by atoms with van der Waals surface area (Å²) in [6, 6.07) is -0.425. The number of rotatable bonds is 2. The predicted molar refractivity (Wildman–Crippen MR) is 85.1 cm³/mol. The van der Waals surface area contributed by atoms with E-state index in [9.17, 15) is 19.8 Å². The number of nitrogens with zero attached hydrogens (tertiary/aromatic N) is 1. The van der Waals surface area contributed by atoms with Crippen molar-refractivity contribution in [1.29, 1.82) is 0 Å². The second-order valence-corrected chi connectivity index (χ2v) is 8.85. The van der Waals surface area contributed by atoms with Gasteiger partial charge in [0, 0.05) is 6.54 Å². The molecule has 0 bridgehead atoms. The van der Waals surface area contributed by atoms with Crippen LogP contribution in [0.3, 0.4) is 0 Å². The van der Waals surface area contributed by atoms with Gasteiger partial charge in [-0.25, -0.2) is 4.79 Å². The van der Waals surface area contributed by atoms with E-state index in [2.05, 4.69) is 13.8 Å². The summed E-state index contributed by atoms with van der Waals surface area (Å²) in [4.78, 5) is 26.1. The van der Waals surface area contributed by atoms with E-state index in [1.54, 1.807) is 25.7 Å². The average Bonchev–Trinajstić information content (AvgIpc) is 2.31. The molecule has 0 aromatic heterocycles. The maximum absolute atomic E-state index is 12.7. The average molecular weight is 327 g/mol. The fraction of sp³-hybridized carbons (Fsp3) is 0.882. The number of ether oxygens (including phenoxy) is 1. The van der Waals surface area contributed by atoms with Gasteiger partial charge < -0.3 is 19.8 Å². The largest absolute Gasteiger partial charge is 0.481 e. The zero-order valence-electron chi connectivity index (χ0n) is 14.8. The lowest BCUT2D eigenvalue weighted by Gasteiger charge is -2.54. The molecule has 132 valence electrons. The molecule has 1 saturated carbocycles. The van der Waals surface area contributed by atoms with Crippen molar-refractivity contribution >= 4 is 12.1 Å². The van der Waals surface area contributed by atoms with Crippen LogP contribution in [0.15, 0.2) is 0 Å². The summed E-state index contributed by atoms with van der Waals surface area (Å²) in [5, 5.41) is 19.4. The van der Waals surface area contributed by atoms with Crippen LogP contribution in [0, 0.1) is 10.8 Å². The summed E-state index contributed by atoms with van der Waals surface area (Å²) in [6.07, 6.45) is 0.811. The van der Waals surface area contributed by atoms with Gasteiger partial charge in [0.1, 0.15) is 5.60 Å². The molecule has 1 unspecified atom stereocenters. The van der Waals surface area contributed by atoms with E-state index in [4.69, 9.17) is 4.74 Å². The summed E-state index contributed by atoms with van der Waals surface area (Å²) < 4.78 is 5.50. The number of aliphatic hydroxyl groups excluding tert-OH is 1. The third-order valence-corrected chi connectivity index (χ3v) is 4.96. The van der Waals surface area contributed by atoms with Crippen molar-refractivity contribution in [2.24, 2.45) is 10.8 Å². The molecular weight excluding hydrogens is 298 g/mol. The maximum Gasteiger partial charge on any atom is 0.410 e. The molecule has 0 spiro atoms. The molecule has 6 heteroatoms. The van der Waals surface area contributed by atoms with Crippen LogP contribution in [0.1, 0.15) is 60.3 Å². The van der Waals surface area contributed by atoms with E-state index in [-0.39, 0.29) is 18.3 Å². The van der Waals surface area contributed by atoms with Crippen molar-refractivity contribution in [2.75, 3.05) is 6.54 Å². The van der Waals surface area contributed by atoms with Crippen molar-refractivity contribution < 1.29 is 24.5 Å². The van der Waals surface area contributed by atoms with Crippen molar-refractivity contribution in [1.82, 2.24) is 4.90 Å². The number of carboxylic acids is 1. The molecule has 1 saturated heterocycles. The summed E-state index contributed by atoms with van der Waals surface area (Å²) in [5.41, 5.74) is -1.75. The highest BCUT2D eigenvalue weighted by Crippen LogP contribution is 2.51. The first-order valence-corrected chi connectivity index (χ1v) is 8.27. The zero-order chi connectivity index (χ0) is 17.6. The van der Waals surface area contributed by atoms with Crippen LogP contribution in [0.4, 0.5) is 4.79 Å². The number of carboxylic acid groups (broad SMARTS) is 1. The summed E-state index contributed by atoms with van der Waals surface area (Å²) in [7, 11) is 0. The van der Waals surface area contributed by atoms with Crippen molar-refractivity contribution in [2.45, 2.75) is 78.0 Å². The van der Waals surface area contributed by atoms with Crippen LogP contribution < -0.4 is 0 Å². The van der Waals surface area contributed by atoms with Crippen LogP contribution in [-0.4, -0.2) is 51.5 Å². The van der Waals surface area contributed by atoms with Crippen LogP contribution in [0.5, 0.6) is 0 Å². The van der Waals surface area contributed by atoms with Crippen LogP contribution in [-0.2, 0) is 9.53 Å². The molecule has 6 nitrogen and oxygen atoms in total. The Morgan fingerprint density at radius 2 is 1.78 bits per heavy atom. The minimum atomic E-state index is -1.05. The molecule has 1 heterocycles. The zero-order valence-corrected chi connectivity index (χ0v) is 14.8. The van der Waals surface area contributed by atoms with Gasteiger partial charge >= 0.3 is 12.1 Å². The highest BCUT2D eigenvalue weighted by atomic mass is 16.6. The second-order valence-electron chi connectivity index (χ2n) is 8.85. The van der Waals surface area contributed by atoms with Crippen molar-refractivity contribution in [3.63, 3.8) is 0 Å². The van der Waals surface area contributed by atoms with Gasteiger partial charge in [0.05, 0.1) is 17.6 Å². The van der Waals surface area contributed by atoms with Crippen LogP contribution in [0.2, 0.25) is 0 Å². The molecule has 2 N–H and O–H groups in total. The van der Waals surface area contributed by atoms with Crippen molar-refractivity contribution in [3.8, 4) is 0 Å². The molecular formula is C17H29NO5. The molecule has 1 aliphatic carbocycles. The standard InChI is InChI=1S/C17H29NO5/c1-15(2,3)23-14(22)18-10-16(4,5)7-6-12(18)17(13(20)21)8-11(19)9-17/h11-12,19H,6-10H2,1-5H3,(H,20,21). The first-order chi connectivity index (χ1) is 10.4. The first-order valence-electron chi connectivity index (χ1n) is 8.27. The number of hydrogen-bond acceptors (Lipinski definition) is 4. The molecule has 1 aliphatic heterocycles. The summed E-state index contributed by atoms with van der Waals surface area (Å²) in [5.74, 6) is -0.930. The lowest BCUT2D eigenvalue weighted by molar-refractivity contribution is -0.176. The number of amides is 1. The van der Waals surface area contributed by atoms with E-state index < -0.39 is 35.2 Å². The fourth-order valence-corrected chi connectivity index (χ4v) is 3.79. The number of aliphatic carboxylic acids is 1. The van der Waals surface area contributed by atoms with Gasteiger partial charge in [0.25, 0.3) is 0 Å². The van der Waals surface area contributed by atoms with E-state index in [1.807, 2.05) is 0 Å². The normalized spacial score (nSPS) is 33.7. The Balaban J connectivity index is 2.28. The van der Waals surface area contributed by atoms with Gasteiger partial charge in [-0.3, -0.25) is 4.79 Å². The first kappa shape index (κ1) is 18.0. The Kier molecular flexibility index (Phi) is 4.43. The third kappa shape index (κ3) is 3.62. The van der Waals surface area contributed by atoms with E-state index in [0.717, 1.165) is 6.42 Å². The van der Waals surface area contributed by atoms with Gasteiger partial charge in [0.15, 0.2) is 0 Å². The summed E-state index contributed by atoms with van der Waals surface area (Å²) in [6.45, 7) is 10.0. The molecule has 23 heavy (non-hydrogen) atoms. The van der Waals surface area contributed by atoms with Gasteiger partial charge in [-0.2, -0.15) is 0 Å². The molecule has 2 rings (SSSR count). The number of likely N-dealkylation sites (tertiary alicyclic amines) is 1. The molecule has 1 amide bonds. The number of carbonyl (C=O) groups excluding carboxylic acids is 1. The number of piperidine rings is 1. The highest BCUT2D eigenvalue weighted by molar-refractivity contribution is 5.79. The topological polar surface area (TPSA) is 87.1 Å². The number of hydrogen-bond donors (Lipinski definition) is 2. The minimum Gasteiger partial charge on any atom is -0.481 e. The molecule has 2 aliphatic rings. The summed E-state index contributed by atoms with van der Waals surface area (Å²) >= 11 is 0. The Morgan fingerprint density at radius 3 is 2.22 bits per heavy atom. The van der Waals surface area contributed by atoms with Crippen molar-refractivity contribution in [3.05, 3.63) is 0 Å². The van der Waals surface area contributed by atoms with Crippen LogP contribution >= 0.6 is 0 Å². The SMILES string of the molecule is CC1(C)CCC(C2(C(=O)O)CC(O)C2)N(C(=O)OC(C)(C)C)C1. The lowest BCUT2D eigenvalue weighted by atomic mass is 9.59. The lowest BCUT2D eigenvalue weighted by Crippen LogP contribution is -2.64. The Morgan fingerprint density at radius 1 is 1.22 bits per heavy atom. The van der Waals surface area contributed by atoms with E-state index in [1.165, 1.54) is 0 Å². The Hall–Kier alpha value is -1.30. The van der Waals surface area contributed by atoms with Gasteiger partial charge in [-0.05, 0) is 51.9 Å². The second kappa shape index (κ2) is 5.65. The highest BCUT2D eigenvalue weighted by Gasteiger charge is 2.59. The van der Waals surface area contributed by atoms with Gasteiger partial charge in [-0.15, -0.1) is 0 Å². The number of aliphatic hydroxyl groups is 1. The van der Waals surface area contributed by atoms with Gasteiger partial charge in [0.2, 0.25) is 0 Å². The van der Waals surface area contributed by atoms with Gasteiger partial charge in [-0.1, -0.05) is 13.8 Å². The third-order valence-electron chi connectivity index (χ3n) is 4.96. The Labute approximate surface area is 137 Å². The molecule has 0 aromatic carbocycles. The van der Waals surface area contributed by atoms with E-state index in [0.29, 0.717) is 13.0 Å². The Bertz CT molecular complexity index is 488. The molecule has 2 fully saturated rings. The molecule has 0 aromatic rings. The maximum atomic E-state index is 12.7. The molecule has 0 radical (unpaired) electrons. The smallest absolute Gasteiger partial charge is 0.410 e. The molecule has 1 atom stereocenters. The van der Waals surface area contributed by atoms with E-state index >= 15 is 0 Å². The van der Waals surface area contributed by atoms with Crippen LogP contribution in [0.25, 0.3) is 0 Å². The minimum absolute atomic E-state index is 0.0739. The predicted octanol–water partition coefficient (Wildman–Crippen LogP) is 2.64. The number of carbonyl (C=O) groups is 2. The fourth-order valence-electron chi connectivity index (χ4n) is 3.79. The monoisotopic (exact) mass is 327 g/mol.